The number of ether oxygens (including phenoxy) is 1. The SMILES string of the molecule is CCCCOC(=O)C=Cc1c(C)[nH]c(=O)[nH]c1=O. The topological polar surface area (TPSA) is 92.0 Å². The second-order valence-electron chi connectivity index (χ2n) is 3.80. The van der Waals surface area contributed by atoms with Crippen molar-refractivity contribution >= 4 is 12.0 Å². The van der Waals surface area contributed by atoms with Crippen LogP contribution in [0.1, 0.15) is 31.0 Å². The van der Waals surface area contributed by atoms with Crippen LogP contribution in [0, 0.1) is 6.92 Å². The molecule has 2 N–H and O–H groups in total. The second-order valence-corrected chi connectivity index (χ2v) is 3.80. The van der Waals surface area contributed by atoms with Crippen LogP contribution in [0.5, 0.6) is 0 Å². The predicted octanol–water partition coefficient (Wildman–Crippen LogP) is 0.728. The van der Waals surface area contributed by atoms with Crippen LogP contribution in [0.25, 0.3) is 6.08 Å². The molecule has 1 aromatic rings. The number of esters is 1. The fourth-order valence-corrected chi connectivity index (χ4v) is 1.33. The summed E-state index contributed by atoms with van der Waals surface area (Å²) in [6.45, 7) is 3.94. The zero-order chi connectivity index (χ0) is 13.5. The molecule has 1 rings (SSSR count). The fraction of sp³-hybridized carbons (Fsp3) is 0.417. The van der Waals surface area contributed by atoms with Crippen LogP contribution in [0.4, 0.5) is 0 Å². The zero-order valence-corrected chi connectivity index (χ0v) is 10.4. The van der Waals surface area contributed by atoms with E-state index in [0.717, 1.165) is 12.8 Å². The molecule has 18 heavy (non-hydrogen) atoms. The van der Waals surface area contributed by atoms with Gasteiger partial charge >= 0.3 is 11.7 Å². The van der Waals surface area contributed by atoms with Crippen molar-refractivity contribution in [2.75, 3.05) is 6.61 Å². The number of unbranched alkanes of at least 4 members (excludes halogenated alkanes) is 1. The molecule has 0 radical (unpaired) electrons. The molecule has 0 atom stereocenters. The third kappa shape index (κ3) is 4.04. The van der Waals surface area contributed by atoms with Gasteiger partial charge in [0.05, 0.1) is 12.2 Å². The van der Waals surface area contributed by atoms with E-state index in [4.69, 9.17) is 4.74 Å². The van der Waals surface area contributed by atoms with E-state index < -0.39 is 17.2 Å². The summed E-state index contributed by atoms with van der Waals surface area (Å²) in [7, 11) is 0. The number of aromatic nitrogens is 2. The van der Waals surface area contributed by atoms with Crippen molar-refractivity contribution in [3.05, 3.63) is 38.2 Å². The summed E-state index contributed by atoms with van der Waals surface area (Å²) in [6.07, 6.45) is 4.25. The molecule has 98 valence electrons. The molecule has 6 nitrogen and oxygen atoms in total. The Morgan fingerprint density at radius 3 is 2.67 bits per heavy atom. The highest BCUT2D eigenvalue weighted by atomic mass is 16.5. The molecule has 1 heterocycles. The molecule has 0 aliphatic rings. The average Bonchev–Trinajstić information content (AvgIpc) is 2.27. The Bertz CT molecular complexity index is 554. The van der Waals surface area contributed by atoms with Crippen LogP contribution in [0.2, 0.25) is 0 Å². The first-order valence-corrected chi connectivity index (χ1v) is 5.72. The minimum Gasteiger partial charge on any atom is -0.463 e. The van der Waals surface area contributed by atoms with Gasteiger partial charge < -0.3 is 9.72 Å². The molecule has 0 saturated heterocycles. The van der Waals surface area contributed by atoms with Crippen LogP contribution in [0.15, 0.2) is 15.7 Å². The van der Waals surface area contributed by atoms with E-state index in [2.05, 4.69) is 9.97 Å². The van der Waals surface area contributed by atoms with Crippen LogP contribution in [-0.2, 0) is 9.53 Å². The highest BCUT2D eigenvalue weighted by molar-refractivity contribution is 5.87. The Balaban J connectivity index is 2.76. The van der Waals surface area contributed by atoms with Gasteiger partial charge in [0, 0.05) is 11.8 Å². The molecule has 0 amide bonds. The third-order valence-electron chi connectivity index (χ3n) is 2.31. The maximum Gasteiger partial charge on any atom is 0.330 e. The largest absolute Gasteiger partial charge is 0.463 e. The number of aryl methyl sites for hydroxylation is 1. The van der Waals surface area contributed by atoms with Gasteiger partial charge in [-0.1, -0.05) is 13.3 Å². The van der Waals surface area contributed by atoms with Crippen LogP contribution < -0.4 is 11.2 Å². The van der Waals surface area contributed by atoms with E-state index in [9.17, 15) is 14.4 Å². The Labute approximate surface area is 104 Å². The minimum atomic E-state index is -0.569. The van der Waals surface area contributed by atoms with E-state index in [0.29, 0.717) is 12.3 Å². The average molecular weight is 252 g/mol. The van der Waals surface area contributed by atoms with E-state index in [1.807, 2.05) is 6.92 Å². The van der Waals surface area contributed by atoms with E-state index >= 15 is 0 Å². The van der Waals surface area contributed by atoms with Crippen molar-refractivity contribution in [2.45, 2.75) is 26.7 Å². The Morgan fingerprint density at radius 2 is 2.06 bits per heavy atom. The number of hydrogen-bond donors (Lipinski definition) is 2. The van der Waals surface area contributed by atoms with Gasteiger partial charge in [0.1, 0.15) is 0 Å². The van der Waals surface area contributed by atoms with Gasteiger partial charge in [0.2, 0.25) is 0 Å². The third-order valence-corrected chi connectivity index (χ3v) is 2.31. The molecule has 0 aliphatic heterocycles. The van der Waals surface area contributed by atoms with Crippen LogP contribution >= 0.6 is 0 Å². The lowest BCUT2D eigenvalue weighted by atomic mass is 10.2. The molecular weight excluding hydrogens is 236 g/mol. The van der Waals surface area contributed by atoms with Gasteiger partial charge in [-0.05, 0) is 19.4 Å². The molecule has 0 spiro atoms. The molecule has 0 bridgehead atoms. The normalized spacial score (nSPS) is 10.8. The van der Waals surface area contributed by atoms with Crippen LogP contribution in [0.3, 0.4) is 0 Å². The summed E-state index contributed by atoms with van der Waals surface area (Å²) in [6, 6.07) is 0. The van der Waals surface area contributed by atoms with E-state index in [1.54, 1.807) is 6.92 Å². The summed E-state index contributed by atoms with van der Waals surface area (Å²) in [4.78, 5) is 38.2. The van der Waals surface area contributed by atoms with Gasteiger partial charge in [0.15, 0.2) is 0 Å². The molecule has 1 aromatic heterocycles. The number of carbonyl (C=O) groups excluding carboxylic acids is 1. The van der Waals surface area contributed by atoms with Gasteiger partial charge in [-0.25, -0.2) is 9.59 Å². The Hall–Kier alpha value is -2.11. The molecule has 6 heteroatoms. The van der Waals surface area contributed by atoms with E-state index in [-0.39, 0.29) is 5.56 Å². The minimum absolute atomic E-state index is 0.238. The second kappa shape index (κ2) is 6.58. The highest BCUT2D eigenvalue weighted by Crippen LogP contribution is 1.99. The summed E-state index contributed by atoms with van der Waals surface area (Å²) >= 11 is 0. The Kier molecular flexibility index (Phi) is 5.10. The Morgan fingerprint density at radius 1 is 1.33 bits per heavy atom. The van der Waals surface area contributed by atoms with Crippen molar-refractivity contribution in [1.29, 1.82) is 0 Å². The van der Waals surface area contributed by atoms with Crippen molar-refractivity contribution in [2.24, 2.45) is 0 Å². The molecule has 0 unspecified atom stereocenters. The lowest BCUT2D eigenvalue weighted by molar-refractivity contribution is -0.137. The molecule has 0 aliphatic carbocycles. The van der Waals surface area contributed by atoms with Crippen molar-refractivity contribution in [3.8, 4) is 0 Å². The maximum atomic E-state index is 11.5. The van der Waals surface area contributed by atoms with Gasteiger partial charge in [-0.15, -0.1) is 0 Å². The molecule has 0 fully saturated rings. The number of carbonyl (C=O) groups is 1. The molecule has 0 aromatic carbocycles. The zero-order valence-electron chi connectivity index (χ0n) is 10.4. The van der Waals surface area contributed by atoms with Crippen molar-refractivity contribution < 1.29 is 9.53 Å². The first-order chi connectivity index (χ1) is 8.54. The van der Waals surface area contributed by atoms with E-state index in [1.165, 1.54) is 12.2 Å². The smallest absolute Gasteiger partial charge is 0.330 e. The number of nitrogens with one attached hydrogen (secondary N) is 2. The lowest BCUT2D eigenvalue weighted by Crippen LogP contribution is -2.25. The van der Waals surface area contributed by atoms with Crippen molar-refractivity contribution in [3.63, 3.8) is 0 Å². The predicted molar refractivity (Wildman–Crippen MR) is 67.3 cm³/mol. The molecular formula is C12H16N2O4. The number of aromatic amines is 2. The summed E-state index contributed by atoms with van der Waals surface area (Å²) in [5, 5.41) is 0. The van der Waals surface area contributed by atoms with Crippen molar-refractivity contribution in [1.82, 2.24) is 9.97 Å². The number of H-pyrrole nitrogens is 2. The summed E-state index contributed by atoms with van der Waals surface area (Å²) < 4.78 is 4.90. The van der Waals surface area contributed by atoms with Gasteiger partial charge in [-0.3, -0.25) is 9.78 Å². The fourth-order valence-electron chi connectivity index (χ4n) is 1.33. The number of hydrogen-bond acceptors (Lipinski definition) is 4. The molecule has 0 saturated carbocycles. The van der Waals surface area contributed by atoms with Crippen LogP contribution in [-0.4, -0.2) is 22.5 Å². The standard InChI is InChI=1S/C12H16N2O4/c1-3-4-7-18-10(15)6-5-9-8(2)13-12(17)14-11(9)16/h5-6H,3-4,7H2,1-2H3,(H2,13,14,16,17). The first kappa shape index (κ1) is 14.0. The van der Waals surface area contributed by atoms with Gasteiger partial charge in [0.25, 0.3) is 5.56 Å². The summed E-state index contributed by atoms with van der Waals surface area (Å²) in [5.41, 5.74) is -0.461. The maximum absolute atomic E-state index is 11.5. The quantitative estimate of drug-likeness (QED) is 0.459. The number of rotatable bonds is 5. The monoisotopic (exact) mass is 252 g/mol. The van der Waals surface area contributed by atoms with Gasteiger partial charge in [-0.2, -0.15) is 0 Å². The first-order valence-electron chi connectivity index (χ1n) is 5.72. The lowest BCUT2D eigenvalue weighted by Gasteiger charge is -2.00. The summed E-state index contributed by atoms with van der Waals surface area (Å²) in [5.74, 6) is -0.506. The highest BCUT2D eigenvalue weighted by Gasteiger charge is 2.03.